The van der Waals surface area contributed by atoms with E-state index < -0.39 is 35.1 Å². The van der Waals surface area contributed by atoms with Gasteiger partial charge in [0, 0.05) is 56.4 Å². The van der Waals surface area contributed by atoms with Gasteiger partial charge in [0.2, 0.25) is 17.6 Å². The first-order chi connectivity index (χ1) is 52.0. The van der Waals surface area contributed by atoms with E-state index in [0.29, 0.717) is 108 Å². The van der Waals surface area contributed by atoms with Gasteiger partial charge in [-0.05, 0) is 252 Å². The summed E-state index contributed by atoms with van der Waals surface area (Å²) in [6.45, 7) is 34.2. The van der Waals surface area contributed by atoms with Crippen LogP contribution in [0.5, 0.6) is 17.6 Å². The van der Waals surface area contributed by atoms with Gasteiger partial charge in [0.25, 0.3) is 5.24 Å². The number of carboxylic acids is 1. The quantitative estimate of drug-likeness (QED) is 0.0234. The summed E-state index contributed by atoms with van der Waals surface area (Å²) in [7, 11) is 0. The Bertz CT molecular complexity index is 3700. The predicted molar refractivity (Wildman–Crippen MR) is 436 cm³/mol. The molecule has 0 spiro atoms. The van der Waals surface area contributed by atoms with Crippen LogP contribution in [0.15, 0.2) is 36.8 Å². The molecule has 12 saturated carbocycles. The van der Waals surface area contributed by atoms with E-state index >= 15 is 0 Å². The molecule has 3 aromatic heterocycles. The van der Waals surface area contributed by atoms with Crippen LogP contribution in [0.3, 0.4) is 0 Å². The summed E-state index contributed by atoms with van der Waals surface area (Å²) in [5, 5.41) is 21.0. The van der Waals surface area contributed by atoms with Crippen molar-refractivity contribution in [3.63, 3.8) is 0 Å². The number of carbonyl (C=O) groups is 9. The number of aromatic nitrogens is 6. The molecule has 3 amide bonds. The van der Waals surface area contributed by atoms with Crippen LogP contribution in [0.4, 0.5) is 14.4 Å². The van der Waals surface area contributed by atoms with Gasteiger partial charge in [0.15, 0.2) is 5.78 Å². The number of rotatable bonds is 27. The van der Waals surface area contributed by atoms with E-state index in [1.807, 2.05) is 101 Å². The van der Waals surface area contributed by atoms with E-state index in [0.717, 1.165) is 76.5 Å². The first-order valence-electron chi connectivity index (χ1n) is 40.3. The molecule has 113 heavy (non-hydrogen) atoms. The number of amides is 3. The van der Waals surface area contributed by atoms with Gasteiger partial charge >= 0.3 is 24.2 Å². The first-order valence-corrected chi connectivity index (χ1v) is 40.6. The third-order valence-electron chi connectivity index (χ3n) is 23.3. The van der Waals surface area contributed by atoms with Crippen LogP contribution in [-0.2, 0) is 28.6 Å². The van der Waals surface area contributed by atoms with Crippen molar-refractivity contribution < 1.29 is 76.7 Å². The van der Waals surface area contributed by atoms with Gasteiger partial charge in [-0.25, -0.2) is 33.2 Å². The van der Waals surface area contributed by atoms with Crippen LogP contribution in [-0.4, -0.2) is 134 Å². The number of ether oxygens (including phenoxy) is 6. The van der Waals surface area contributed by atoms with Crippen LogP contribution >= 0.6 is 24.0 Å². The summed E-state index contributed by atoms with van der Waals surface area (Å²) in [6.07, 6.45) is 30.9. The van der Waals surface area contributed by atoms with Gasteiger partial charge in [0.05, 0.1) is 42.5 Å². The molecule has 0 radical (unpaired) electrons. The number of hydrogen-bond acceptors (Lipinski definition) is 20. The molecule has 6 atom stereocenters. The van der Waals surface area contributed by atoms with Gasteiger partial charge < -0.3 is 62.2 Å². The summed E-state index contributed by atoms with van der Waals surface area (Å²) in [4.78, 5) is 104. The molecule has 0 saturated heterocycles. The highest BCUT2D eigenvalue weighted by Gasteiger charge is 2.59. The van der Waals surface area contributed by atoms with Crippen molar-refractivity contribution in [3.05, 3.63) is 53.5 Å². The minimum atomic E-state index is -1.09. The third-order valence-corrected chi connectivity index (χ3v) is 23.5. The Kier molecular flexibility index (Phi) is 32.8. The zero-order chi connectivity index (χ0) is 83.5. The molecule has 3 aromatic rings. The molecule has 0 aliphatic heterocycles. The lowest BCUT2D eigenvalue weighted by Gasteiger charge is -2.59. The monoisotopic (exact) mass is 1620 g/mol. The Hall–Kier alpha value is -7.62. The van der Waals surface area contributed by atoms with Crippen molar-refractivity contribution in [1.29, 1.82) is 0 Å². The second kappa shape index (κ2) is 39.3. The van der Waals surface area contributed by atoms with Crippen molar-refractivity contribution in [2.45, 2.75) is 300 Å². The number of carbonyl (C=O) groups excluding carboxylic acids is 8. The number of Topliss-reactive ketones (excluding diaryl/α,β-unsaturated/α-hetero) is 4. The Labute approximate surface area is 679 Å². The van der Waals surface area contributed by atoms with E-state index in [4.69, 9.17) is 73.8 Å². The van der Waals surface area contributed by atoms with Gasteiger partial charge in [-0.2, -0.15) is 15.3 Å². The molecular weight excluding hydrogens is 1490 g/mol. The highest BCUT2D eigenvalue weighted by molar-refractivity contribution is 6.68. The molecule has 632 valence electrons. The van der Waals surface area contributed by atoms with Crippen molar-refractivity contribution >= 4 is 95.2 Å². The Morgan fingerprint density at radius 1 is 0.487 bits per heavy atom. The fourth-order valence-electron chi connectivity index (χ4n) is 19.5. The maximum Gasteiger partial charge on any atom is 0.405 e. The van der Waals surface area contributed by atoms with E-state index in [2.05, 4.69) is 36.1 Å². The predicted octanol–water partition coefficient (Wildman–Crippen LogP) is 15.8. The third kappa shape index (κ3) is 26.7. The van der Waals surface area contributed by atoms with Gasteiger partial charge in [-0.1, -0.05) is 87.0 Å². The van der Waals surface area contributed by atoms with Gasteiger partial charge in [-0.15, -0.1) is 12.4 Å². The zero-order valence-corrected chi connectivity index (χ0v) is 71.6. The number of nitrogens with zero attached hydrogens (tertiary/aromatic N) is 6. The molecule has 6 unspecified atom stereocenters. The maximum absolute atomic E-state index is 13.5. The molecule has 12 aliphatic carbocycles. The fraction of sp³-hybridized carbons (Fsp3) is 0.714. The van der Waals surface area contributed by atoms with Crippen molar-refractivity contribution in [2.24, 2.45) is 110 Å². The normalized spacial score (nSPS) is 27.9. The largest absolute Gasteiger partial charge is 0.477 e. The molecule has 29 heteroatoms. The minimum Gasteiger partial charge on any atom is -0.477 e. The van der Waals surface area contributed by atoms with Crippen LogP contribution in [0, 0.1) is 81.3 Å². The minimum absolute atomic E-state index is 0. The number of allylic oxidation sites excluding steroid dienone is 3. The maximum atomic E-state index is 13.5. The molecule has 27 nitrogen and oxygen atoms in total. The molecule has 3 heterocycles. The zero-order valence-electron chi connectivity index (χ0n) is 70.0. The fourth-order valence-corrected chi connectivity index (χ4v) is 19.6. The van der Waals surface area contributed by atoms with Crippen molar-refractivity contribution in [2.75, 3.05) is 0 Å². The van der Waals surface area contributed by atoms with Crippen LogP contribution in [0.25, 0.3) is 18.6 Å². The molecule has 12 fully saturated rings. The van der Waals surface area contributed by atoms with E-state index in [1.54, 1.807) is 50.2 Å². The van der Waals surface area contributed by atoms with Crippen LogP contribution in [0.1, 0.15) is 284 Å². The number of aromatic carboxylic acids is 1. The Morgan fingerprint density at radius 3 is 1.02 bits per heavy atom. The molecule has 12 aliphatic rings. The molecular formula is C84H131Cl2N11O16. The van der Waals surface area contributed by atoms with E-state index in [-0.39, 0.29) is 104 Å². The summed E-state index contributed by atoms with van der Waals surface area (Å²) >= 11 is 5.52. The Morgan fingerprint density at radius 2 is 0.752 bits per heavy atom. The summed E-state index contributed by atoms with van der Waals surface area (Å²) in [5.74, 6) is 6.25. The average Bonchev–Trinajstić information content (AvgIpc) is 1.22. The molecule has 15 rings (SSSR count). The summed E-state index contributed by atoms with van der Waals surface area (Å²) in [5.41, 5.74) is 26.9. The molecule has 0 aromatic carbocycles. The SMILES string of the molecule is CC(=O)CC(C)(C)/C=C/n1ncc(C(=O)CC2C3CC4CC2CC(OC(N)=O)(C4)C3)c1OC(C)C.CC(=O)CC(C)(C)/C=C/n1ncc(C(=O)Cl)c1OC(C)C.CC(=O)CC(C)(C)/C=C/n1ncc(C(=O)O)c1OC(C)C.CCC(C)C.Cl.NC(=O)OC12CC3CC(C1)C(N)C(C3)C2.NC(=O)OC12CC3CC(C1)C(N)C(C3)C2. The standard InChI is InChI=1S/C27H39N3O5.C15H21ClN2O3.C15H22N2O4.2C11H18N2O2.C5H12.ClH/c1-16(2)34-24-22(15-29-30(24)7-6-26(4,5)11-17(3)31)23(32)10-21-19-8-18-9-20(21)14-27(12-18,13-19)35-25(28)33;1-10(2)21-14-12(13(16)20)9-17-18(14)7-6-15(4,5)8-11(3)19;1-10(2)21-13-12(14(19)20)9-16-17(13)7-6-15(4,5)8-11(3)18;2*12-9-7-1-6-2-8(9)5-11(3-6,4-7)15-10(13)14;1-4-5(2)3;/h6-7,15-16,18-21H,8-14H2,1-5H3,(H2,28,33);6-7,9-10H,8H2,1-5H3;6-7,9-10H,8H2,1-5H3,(H,19,20);2*6-9H,1-5,12H2,(H2,13,14);5H,4H2,1-3H3;1H/b3*7-6+;;;;. The van der Waals surface area contributed by atoms with Crippen LogP contribution in [0.2, 0.25) is 0 Å². The van der Waals surface area contributed by atoms with E-state index in [1.165, 1.54) is 53.9 Å². The van der Waals surface area contributed by atoms with Gasteiger partial charge in [-0.3, -0.25) is 24.0 Å². The average molecular weight is 1620 g/mol. The number of primary amides is 3. The first kappa shape index (κ1) is 94.2. The molecule has 12 bridgehead atoms. The lowest BCUT2D eigenvalue weighted by molar-refractivity contribution is -0.151. The number of halogens is 2. The number of ketones is 4. The highest BCUT2D eigenvalue weighted by atomic mass is 35.5. The second-order valence-electron chi connectivity index (χ2n) is 37.0. The summed E-state index contributed by atoms with van der Waals surface area (Å²) in [6, 6.07) is 0.650. The van der Waals surface area contributed by atoms with Gasteiger partial charge in [0.1, 0.15) is 45.3 Å². The Balaban J connectivity index is 0.000000224. The number of hydrogen-bond donors (Lipinski definition) is 6. The van der Waals surface area contributed by atoms with Crippen molar-refractivity contribution in [3.8, 4) is 17.6 Å². The lowest BCUT2D eigenvalue weighted by atomic mass is 9.49. The second-order valence-corrected chi connectivity index (χ2v) is 37.4. The van der Waals surface area contributed by atoms with Crippen molar-refractivity contribution in [1.82, 2.24) is 29.3 Å². The lowest BCUT2D eigenvalue weighted by Crippen LogP contribution is -2.61. The van der Waals surface area contributed by atoms with E-state index in [9.17, 15) is 43.2 Å². The van der Waals surface area contributed by atoms with Crippen LogP contribution < -0.4 is 42.9 Å². The molecule has 11 N–H and O–H groups in total. The number of nitrogens with two attached hydrogens (primary N) is 5. The number of carboxylic acid groups (broad SMARTS) is 1. The highest BCUT2D eigenvalue weighted by Crippen LogP contribution is 2.61. The smallest absolute Gasteiger partial charge is 0.405 e. The summed E-state index contributed by atoms with van der Waals surface area (Å²) < 4.78 is 38.0. The topological polar surface area (TPSA) is 413 Å².